The molecule has 0 unspecified atom stereocenters. The first kappa shape index (κ1) is 14.3. The van der Waals surface area contributed by atoms with Gasteiger partial charge in [0.05, 0.1) is 7.11 Å². The minimum Gasteiger partial charge on any atom is -0.497 e. The minimum atomic E-state index is -0.399. The van der Waals surface area contributed by atoms with Crippen molar-refractivity contribution < 1.29 is 9.53 Å². The molecule has 1 aromatic carbocycles. The molecule has 0 atom stereocenters. The lowest BCUT2D eigenvalue weighted by molar-refractivity contribution is -0.116. The lowest BCUT2D eigenvalue weighted by Gasteiger charge is -2.17. The Kier molecular flexibility index (Phi) is 4.92. The molecule has 0 saturated heterocycles. The molecule has 0 spiro atoms. The second-order valence-corrected chi connectivity index (χ2v) is 4.81. The zero-order chi connectivity index (χ0) is 13.6. The van der Waals surface area contributed by atoms with E-state index in [0.717, 1.165) is 11.3 Å². The van der Waals surface area contributed by atoms with Crippen molar-refractivity contribution in [2.24, 2.45) is 5.73 Å². The number of methoxy groups -OCH3 is 1. The van der Waals surface area contributed by atoms with Crippen molar-refractivity contribution in [3.05, 3.63) is 35.9 Å². The van der Waals surface area contributed by atoms with E-state index >= 15 is 0 Å². The van der Waals surface area contributed by atoms with Crippen LogP contribution in [0, 0.1) is 0 Å². The predicted octanol–water partition coefficient (Wildman–Crippen LogP) is 1.56. The van der Waals surface area contributed by atoms with E-state index in [1.54, 1.807) is 13.2 Å². The van der Waals surface area contributed by atoms with Crippen LogP contribution in [0.5, 0.6) is 5.75 Å². The highest BCUT2D eigenvalue weighted by Gasteiger charge is 2.10. The van der Waals surface area contributed by atoms with E-state index in [0.29, 0.717) is 6.54 Å². The van der Waals surface area contributed by atoms with Crippen LogP contribution in [0.2, 0.25) is 0 Å². The van der Waals surface area contributed by atoms with Gasteiger partial charge in [0.25, 0.3) is 0 Å². The van der Waals surface area contributed by atoms with Crippen LogP contribution in [-0.4, -0.2) is 25.1 Å². The molecular weight excluding hydrogens is 228 g/mol. The Morgan fingerprint density at radius 1 is 1.39 bits per heavy atom. The van der Waals surface area contributed by atoms with Gasteiger partial charge in [-0.2, -0.15) is 0 Å². The molecule has 18 heavy (non-hydrogen) atoms. The number of nitrogens with one attached hydrogen (secondary N) is 1. The van der Waals surface area contributed by atoms with Gasteiger partial charge in [0.15, 0.2) is 0 Å². The zero-order valence-electron chi connectivity index (χ0n) is 11.1. The van der Waals surface area contributed by atoms with Gasteiger partial charge in [0, 0.05) is 18.2 Å². The molecule has 0 saturated carbocycles. The molecule has 0 aliphatic heterocycles. The van der Waals surface area contributed by atoms with Crippen LogP contribution in [0.15, 0.2) is 30.3 Å². The summed E-state index contributed by atoms with van der Waals surface area (Å²) in [5.41, 5.74) is 6.31. The van der Waals surface area contributed by atoms with Crippen LogP contribution >= 0.6 is 0 Å². The third kappa shape index (κ3) is 5.50. The maximum atomic E-state index is 11.5. The molecule has 4 heteroatoms. The summed E-state index contributed by atoms with van der Waals surface area (Å²) in [6.07, 6.45) is 3.24. The van der Waals surface area contributed by atoms with Crippen molar-refractivity contribution in [1.82, 2.24) is 5.32 Å². The second-order valence-electron chi connectivity index (χ2n) is 4.81. The maximum Gasteiger partial charge on any atom is 0.244 e. The highest BCUT2D eigenvalue weighted by Crippen LogP contribution is 2.12. The quantitative estimate of drug-likeness (QED) is 0.777. The van der Waals surface area contributed by atoms with Gasteiger partial charge in [-0.15, -0.1) is 0 Å². The van der Waals surface area contributed by atoms with E-state index in [1.807, 2.05) is 38.1 Å². The lowest BCUT2D eigenvalue weighted by Crippen LogP contribution is -2.44. The zero-order valence-corrected chi connectivity index (χ0v) is 11.1. The molecular formula is C14H20N2O2. The van der Waals surface area contributed by atoms with E-state index in [9.17, 15) is 4.79 Å². The van der Waals surface area contributed by atoms with E-state index in [4.69, 9.17) is 10.5 Å². The number of carbonyl (C=O) groups excluding carboxylic acids is 1. The first-order chi connectivity index (χ1) is 8.40. The summed E-state index contributed by atoms with van der Waals surface area (Å²) in [5.74, 6) is 0.644. The molecule has 0 fully saturated rings. The van der Waals surface area contributed by atoms with Crippen molar-refractivity contribution >= 4 is 12.0 Å². The topological polar surface area (TPSA) is 64.3 Å². The average Bonchev–Trinajstić information content (AvgIpc) is 2.33. The fraction of sp³-hybridized carbons (Fsp3) is 0.357. The van der Waals surface area contributed by atoms with Crippen molar-refractivity contribution in [1.29, 1.82) is 0 Å². The van der Waals surface area contributed by atoms with Crippen molar-refractivity contribution in [2.75, 3.05) is 13.7 Å². The number of benzene rings is 1. The molecule has 0 aliphatic carbocycles. The molecule has 4 nitrogen and oxygen atoms in total. The molecule has 1 rings (SSSR count). The third-order valence-electron chi connectivity index (χ3n) is 2.26. The summed E-state index contributed by atoms with van der Waals surface area (Å²) in [5, 5.41) is 2.74. The molecule has 0 radical (unpaired) electrons. The Morgan fingerprint density at radius 2 is 2.00 bits per heavy atom. The van der Waals surface area contributed by atoms with Gasteiger partial charge < -0.3 is 15.8 Å². The highest BCUT2D eigenvalue weighted by molar-refractivity contribution is 5.91. The lowest BCUT2D eigenvalue weighted by atomic mass is 10.1. The van der Waals surface area contributed by atoms with Crippen LogP contribution in [-0.2, 0) is 4.79 Å². The fourth-order valence-electron chi connectivity index (χ4n) is 1.26. The van der Waals surface area contributed by atoms with Gasteiger partial charge in [0.1, 0.15) is 5.75 Å². The molecule has 0 aromatic heterocycles. The summed E-state index contributed by atoms with van der Waals surface area (Å²) in [4.78, 5) is 11.5. The van der Waals surface area contributed by atoms with Crippen LogP contribution in [0.25, 0.3) is 6.08 Å². The Balaban J connectivity index is 2.50. The molecule has 0 heterocycles. The Labute approximate surface area is 108 Å². The number of amides is 1. The molecule has 0 bridgehead atoms. The maximum absolute atomic E-state index is 11.5. The van der Waals surface area contributed by atoms with Crippen molar-refractivity contribution in [3.63, 3.8) is 0 Å². The smallest absolute Gasteiger partial charge is 0.244 e. The molecule has 0 aliphatic rings. The number of rotatable bonds is 5. The van der Waals surface area contributed by atoms with Gasteiger partial charge in [-0.3, -0.25) is 4.79 Å². The third-order valence-corrected chi connectivity index (χ3v) is 2.26. The summed E-state index contributed by atoms with van der Waals surface area (Å²) in [6.45, 7) is 4.17. The first-order valence-corrected chi connectivity index (χ1v) is 5.79. The predicted molar refractivity (Wildman–Crippen MR) is 73.3 cm³/mol. The standard InChI is InChI=1S/C14H20N2O2/c1-14(2,15)10-16-13(17)9-6-11-4-7-12(18-3)8-5-11/h4-9H,10,15H2,1-3H3,(H,16,17)/b9-6+. The Bertz CT molecular complexity index is 416. The van der Waals surface area contributed by atoms with Crippen LogP contribution < -0.4 is 15.8 Å². The number of nitrogens with two attached hydrogens (primary N) is 1. The molecule has 98 valence electrons. The van der Waals surface area contributed by atoms with Gasteiger partial charge in [0.2, 0.25) is 5.91 Å². The highest BCUT2D eigenvalue weighted by atomic mass is 16.5. The van der Waals surface area contributed by atoms with Crippen LogP contribution in [0.4, 0.5) is 0 Å². The van der Waals surface area contributed by atoms with Crippen molar-refractivity contribution in [3.8, 4) is 5.75 Å². The minimum absolute atomic E-state index is 0.149. The SMILES string of the molecule is COc1ccc(/C=C/C(=O)NCC(C)(C)N)cc1. The van der Waals surface area contributed by atoms with E-state index in [1.165, 1.54) is 6.08 Å². The number of carbonyl (C=O) groups is 1. The van der Waals surface area contributed by atoms with E-state index < -0.39 is 5.54 Å². The number of hydrogen-bond donors (Lipinski definition) is 2. The van der Waals surface area contributed by atoms with Crippen molar-refractivity contribution in [2.45, 2.75) is 19.4 Å². The summed E-state index contributed by atoms with van der Waals surface area (Å²) in [6, 6.07) is 7.46. The van der Waals surface area contributed by atoms with Gasteiger partial charge in [-0.1, -0.05) is 12.1 Å². The number of hydrogen-bond acceptors (Lipinski definition) is 3. The number of ether oxygens (including phenoxy) is 1. The van der Waals surface area contributed by atoms with Gasteiger partial charge in [-0.05, 0) is 37.6 Å². The molecule has 1 aromatic rings. The Morgan fingerprint density at radius 3 is 2.50 bits per heavy atom. The summed E-state index contributed by atoms with van der Waals surface area (Å²) in [7, 11) is 1.62. The van der Waals surface area contributed by atoms with Gasteiger partial charge in [-0.25, -0.2) is 0 Å². The van der Waals surface area contributed by atoms with Crippen LogP contribution in [0.3, 0.4) is 0 Å². The Hall–Kier alpha value is -1.81. The largest absolute Gasteiger partial charge is 0.497 e. The van der Waals surface area contributed by atoms with Crippen LogP contribution in [0.1, 0.15) is 19.4 Å². The van der Waals surface area contributed by atoms with Gasteiger partial charge >= 0.3 is 0 Å². The molecule has 1 amide bonds. The molecule has 3 N–H and O–H groups in total. The normalized spacial score (nSPS) is 11.6. The second kappa shape index (κ2) is 6.21. The fourth-order valence-corrected chi connectivity index (χ4v) is 1.26. The van der Waals surface area contributed by atoms with E-state index in [-0.39, 0.29) is 5.91 Å². The summed E-state index contributed by atoms with van der Waals surface area (Å²) < 4.78 is 5.05. The summed E-state index contributed by atoms with van der Waals surface area (Å²) >= 11 is 0. The first-order valence-electron chi connectivity index (χ1n) is 5.79. The average molecular weight is 248 g/mol. The van der Waals surface area contributed by atoms with E-state index in [2.05, 4.69) is 5.32 Å². The monoisotopic (exact) mass is 248 g/mol.